The number of ether oxygens (including phenoxy) is 15. The normalized spacial score (nSPS) is 22.4. The number of hydrogen-bond donors (Lipinski definition) is 0. The van der Waals surface area contributed by atoms with Crippen LogP contribution in [0.15, 0.2) is 334 Å². The van der Waals surface area contributed by atoms with Gasteiger partial charge in [-0.1, -0.05) is 275 Å². The Balaban J connectivity index is 0.976. The van der Waals surface area contributed by atoms with Crippen LogP contribution in [0.5, 0.6) is 0 Å². The molecule has 634 valence electrons. The van der Waals surface area contributed by atoms with Crippen molar-refractivity contribution in [2.45, 2.75) is 131 Å². The van der Waals surface area contributed by atoms with Gasteiger partial charge in [-0.05, 0) is 111 Å². The number of benzene rings is 11. The van der Waals surface area contributed by atoms with Crippen molar-refractivity contribution in [3.63, 3.8) is 0 Å². The van der Waals surface area contributed by atoms with E-state index in [1.54, 1.807) is 127 Å². The van der Waals surface area contributed by atoms with E-state index in [0.29, 0.717) is 5.56 Å². The number of carbonyl (C=O) groups is 7. The molecule has 0 aliphatic carbocycles. The van der Waals surface area contributed by atoms with Crippen molar-refractivity contribution < 1.29 is 109 Å². The van der Waals surface area contributed by atoms with Gasteiger partial charge in [-0.2, -0.15) is 0 Å². The Morgan fingerprint density at radius 3 is 0.903 bits per heavy atom. The van der Waals surface area contributed by atoms with Crippen LogP contribution in [0.4, 0.5) is 0 Å². The van der Waals surface area contributed by atoms with Crippen molar-refractivity contribution >= 4 is 60.5 Å². The van der Waals surface area contributed by atoms with E-state index in [1.165, 1.54) is 84.9 Å². The molecule has 0 N–H and O–H groups in total. The third kappa shape index (κ3) is 21.8. The minimum absolute atomic E-state index is 0.00860. The van der Waals surface area contributed by atoms with E-state index in [4.69, 9.17) is 81.9 Å². The first-order valence-electron chi connectivity index (χ1n) is 40.6. The maximum Gasteiger partial charge on any atom is 0.338 e. The molecule has 14 rings (SSSR count). The lowest BCUT2D eigenvalue weighted by Gasteiger charge is -2.51. The van der Waals surface area contributed by atoms with Crippen LogP contribution in [0.1, 0.15) is 104 Å². The fourth-order valence-electron chi connectivity index (χ4n) is 15.1. The van der Waals surface area contributed by atoms with Crippen LogP contribution >= 0.6 is 0 Å². The molecule has 0 saturated carbocycles. The highest BCUT2D eigenvalue weighted by atomic mass is 28.4. The van der Waals surface area contributed by atoms with Crippen molar-refractivity contribution in [3.05, 3.63) is 384 Å². The number of terminal acetylenes is 1. The minimum atomic E-state index is -3.61. The van der Waals surface area contributed by atoms with Crippen LogP contribution in [0.2, 0.25) is 5.04 Å². The summed E-state index contributed by atoms with van der Waals surface area (Å²) in [5, 5.41) is 1.15. The van der Waals surface area contributed by atoms with Gasteiger partial charge in [0.15, 0.2) is 49.4 Å². The van der Waals surface area contributed by atoms with Crippen LogP contribution in [0.25, 0.3) is 0 Å². The first-order valence-corrected chi connectivity index (χ1v) is 42.5. The molecule has 24 heteroatoms. The molecule has 3 aliphatic heterocycles. The smallest absolute Gasteiger partial charge is 0.338 e. The summed E-state index contributed by atoms with van der Waals surface area (Å²) in [7, 11) is -3.61. The van der Waals surface area contributed by atoms with Gasteiger partial charge in [0.25, 0.3) is 8.32 Å². The summed E-state index contributed by atoms with van der Waals surface area (Å²) in [5.41, 5.74) is 1.48. The van der Waals surface area contributed by atoms with E-state index in [0.717, 1.165) is 15.9 Å². The molecule has 0 spiro atoms. The zero-order valence-electron chi connectivity index (χ0n) is 68.1. The minimum Gasteiger partial charge on any atom is -0.459 e. The molecule has 15 atom stereocenters. The average Bonchev–Trinajstić information content (AvgIpc) is 0.745. The van der Waals surface area contributed by atoms with Crippen molar-refractivity contribution in [2.75, 3.05) is 26.4 Å². The van der Waals surface area contributed by atoms with Crippen LogP contribution in [0.3, 0.4) is 0 Å². The van der Waals surface area contributed by atoms with Crippen molar-refractivity contribution in [1.82, 2.24) is 0 Å². The summed E-state index contributed by atoms with van der Waals surface area (Å²) in [5.74, 6) is -4.40. The van der Waals surface area contributed by atoms with E-state index < -0.39 is 160 Å². The lowest BCUT2D eigenvalue weighted by Crippen LogP contribution is -2.70. The maximum absolute atomic E-state index is 15.8. The summed E-state index contributed by atoms with van der Waals surface area (Å²) in [6, 6.07) is 93.3. The topological polar surface area (TPSA) is 267 Å². The van der Waals surface area contributed by atoms with E-state index in [-0.39, 0.29) is 65.4 Å². The monoisotopic (exact) mass is 1690 g/mol. The molecule has 124 heavy (non-hydrogen) atoms. The number of hydrogen-bond acceptors (Lipinski definition) is 23. The third-order valence-electron chi connectivity index (χ3n) is 21.2. The van der Waals surface area contributed by atoms with Gasteiger partial charge in [-0.25, -0.2) is 33.6 Å². The SMILES string of the molecule is C#CCO[C@H]1O[C@H](CO[Si](c2ccccc2)(c2ccccc2)C(C)(C)C)[C@@H](O[C@@H]2O[C@H](COC(=O)c3ccccc3)[C@@H](O[C@@H]3O[C@H](COC(=O)c4ccccc4)[C@H](OC(=O)c4ccccc4)[C@H](OC(=O)c4ccccc4)[C@H]3OC(=O)c3ccccc3)[C@H](OC(=O)c3ccccc3)[C@H]2OC(=O)c2ccccc2)[C@H](OCc2ccccc2)[C@H]1OCc1ccccc1. The Hall–Kier alpha value is -12.9. The predicted molar refractivity (Wildman–Crippen MR) is 456 cm³/mol. The van der Waals surface area contributed by atoms with Gasteiger partial charge in [-0.15, -0.1) is 6.42 Å². The highest BCUT2D eigenvalue weighted by Gasteiger charge is 2.61. The van der Waals surface area contributed by atoms with Crippen molar-refractivity contribution in [3.8, 4) is 12.3 Å². The Morgan fingerprint density at radius 1 is 0.298 bits per heavy atom. The second kappa shape index (κ2) is 42.3. The molecule has 23 nitrogen and oxygen atoms in total. The van der Waals surface area contributed by atoms with Gasteiger partial charge in [0, 0.05) is 0 Å². The number of esters is 7. The van der Waals surface area contributed by atoms with Gasteiger partial charge in [0.05, 0.1) is 58.8 Å². The predicted octanol–water partition coefficient (Wildman–Crippen LogP) is 14.2. The summed E-state index contributed by atoms with van der Waals surface area (Å²) < 4.78 is 112. The summed E-state index contributed by atoms with van der Waals surface area (Å²) >= 11 is 0. The maximum atomic E-state index is 15.8. The van der Waals surface area contributed by atoms with E-state index in [9.17, 15) is 14.4 Å². The van der Waals surface area contributed by atoms with Crippen LogP contribution in [-0.2, 0) is 88.7 Å². The Labute approximate surface area is 719 Å². The van der Waals surface area contributed by atoms with Crippen LogP contribution in [-0.4, -0.2) is 169 Å². The molecule has 3 saturated heterocycles. The molecule has 3 fully saturated rings. The van der Waals surface area contributed by atoms with Crippen LogP contribution in [0, 0.1) is 12.3 Å². The zero-order chi connectivity index (χ0) is 86.2. The van der Waals surface area contributed by atoms with E-state index >= 15 is 19.2 Å². The highest BCUT2D eigenvalue weighted by Crippen LogP contribution is 2.42. The summed E-state index contributed by atoms with van der Waals surface area (Å²) in [6.45, 7) is 3.88. The van der Waals surface area contributed by atoms with Gasteiger partial charge >= 0.3 is 41.8 Å². The fraction of sp³-hybridized carbons (Fsp3) is 0.250. The van der Waals surface area contributed by atoms with E-state index in [2.05, 4.69) is 26.7 Å². The quantitative estimate of drug-likeness (QED) is 0.0160. The molecule has 0 radical (unpaired) electrons. The standard InChI is InChI=1S/C100H92O23Si/c1-5-61-108-97-87(110-63-68-41-19-7-20-42-68)84(109-62-67-39-17-6-18-40-67)81(80(114-97)66-113-124(100(2,3)4,76-57-35-15-36-58-76)77-59-37-16-38-60-77)122-98-89(121-96(107)75-55-33-14-34-56-75)86(119-94(105)73-51-29-12-30-52-73)83(79(116-98)65-112-91(102)70-45-23-9-24-46-70)123-99-88(120-95(106)74-53-31-13-32-54-74)85(118-93(104)72-49-27-11-28-50-72)82(117-92(103)71-47-25-10-26-48-71)78(115-99)64-111-90(101)69-43-21-8-22-44-69/h1,6-60,78-89,97-99H,61-66H2,2-4H3/t78-,79-,80-,81-,82+,83-,84+,85+,86+,87-,88-,89-,97+,98+,99+/m1/s1. The lowest BCUT2D eigenvalue weighted by atomic mass is 9.94. The molecule has 0 amide bonds. The van der Waals surface area contributed by atoms with Crippen molar-refractivity contribution in [1.29, 1.82) is 0 Å². The molecule has 0 unspecified atom stereocenters. The van der Waals surface area contributed by atoms with Gasteiger partial charge in [0.2, 0.25) is 0 Å². The highest BCUT2D eigenvalue weighted by molar-refractivity contribution is 6.99. The van der Waals surface area contributed by atoms with Crippen molar-refractivity contribution in [2.24, 2.45) is 0 Å². The fourth-order valence-corrected chi connectivity index (χ4v) is 19.7. The molecule has 11 aromatic rings. The largest absolute Gasteiger partial charge is 0.459 e. The lowest BCUT2D eigenvalue weighted by molar-refractivity contribution is -0.381. The number of rotatable bonds is 33. The molecular formula is C100H92O23Si. The van der Waals surface area contributed by atoms with Gasteiger partial charge < -0.3 is 75.5 Å². The van der Waals surface area contributed by atoms with Gasteiger partial charge in [0.1, 0.15) is 62.5 Å². The first-order chi connectivity index (χ1) is 60.5. The second-order valence-electron chi connectivity index (χ2n) is 30.5. The molecule has 11 aromatic carbocycles. The second-order valence-corrected chi connectivity index (χ2v) is 34.8. The Bertz CT molecular complexity index is 5280. The van der Waals surface area contributed by atoms with E-state index in [1.807, 2.05) is 121 Å². The average molecular weight is 1690 g/mol. The molecule has 3 heterocycles. The molecule has 0 aromatic heterocycles. The summed E-state index contributed by atoms with van der Waals surface area (Å²) in [4.78, 5) is 106. The number of carbonyl (C=O) groups excluding carboxylic acids is 7. The zero-order valence-corrected chi connectivity index (χ0v) is 69.1. The Kier molecular flexibility index (Phi) is 29.8. The Morgan fingerprint density at radius 2 is 0.565 bits per heavy atom. The van der Waals surface area contributed by atoms with Gasteiger partial charge in [-0.3, -0.25) is 0 Å². The molecule has 3 aliphatic rings. The first kappa shape index (κ1) is 87.5. The summed E-state index contributed by atoms with van der Waals surface area (Å²) in [6.07, 6.45) is -21.1. The third-order valence-corrected chi connectivity index (χ3v) is 26.2. The molecular weight excluding hydrogens is 1600 g/mol. The van der Waals surface area contributed by atoms with Crippen LogP contribution < -0.4 is 10.4 Å². The molecule has 0 bridgehead atoms.